The second kappa shape index (κ2) is 8.48. The molecule has 1 aromatic rings. The SMILES string of the molecule is CC(C(=O)N1CCC(C(=O)N(C)C(C)C)CC1)C(N)c1ccccc1. The number of carbonyl (C=O) groups is 2. The smallest absolute Gasteiger partial charge is 0.227 e. The highest BCUT2D eigenvalue weighted by Crippen LogP contribution is 2.25. The highest BCUT2D eigenvalue weighted by molar-refractivity contribution is 5.81. The van der Waals surface area contributed by atoms with E-state index in [2.05, 4.69) is 0 Å². The van der Waals surface area contributed by atoms with E-state index < -0.39 is 0 Å². The Hall–Kier alpha value is -1.88. The Bertz CT molecular complexity index is 580. The number of nitrogens with two attached hydrogens (primary N) is 1. The second-order valence-corrected chi connectivity index (χ2v) is 7.37. The first-order valence-electron chi connectivity index (χ1n) is 9.19. The summed E-state index contributed by atoms with van der Waals surface area (Å²) in [6, 6.07) is 9.64. The fourth-order valence-electron chi connectivity index (χ4n) is 3.29. The van der Waals surface area contributed by atoms with Gasteiger partial charge in [0.15, 0.2) is 0 Å². The molecular formula is C20H31N3O2. The van der Waals surface area contributed by atoms with Gasteiger partial charge in [-0.05, 0) is 32.3 Å². The van der Waals surface area contributed by atoms with Crippen LogP contribution in [0.3, 0.4) is 0 Å². The van der Waals surface area contributed by atoms with Crippen LogP contribution in [0.15, 0.2) is 30.3 Å². The highest BCUT2D eigenvalue weighted by atomic mass is 16.2. The van der Waals surface area contributed by atoms with Crippen LogP contribution in [0, 0.1) is 11.8 Å². The lowest BCUT2D eigenvalue weighted by Gasteiger charge is -2.36. The molecule has 1 aromatic carbocycles. The largest absolute Gasteiger partial charge is 0.343 e. The molecule has 5 heteroatoms. The molecule has 0 spiro atoms. The lowest BCUT2D eigenvalue weighted by atomic mass is 9.91. The molecule has 2 N–H and O–H groups in total. The summed E-state index contributed by atoms with van der Waals surface area (Å²) in [5, 5.41) is 0. The van der Waals surface area contributed by atoms with Gasteiger partial charge in [0, 0.05) is 38.1 Å². The van der Waals surface area contributed by atoms with Crippen molar-refractivity contribution in [3.8, 4) is 0 Å². The average molecular weight is 345 g/mol. The number of carbonyl (C=O) groups excluding carboxylic acids is 2. The molecule has 2 unspecified atom stereocenters. The van der Waals surface area contributed by atoms with Crippen molar-refractivity contribution in [2.45, 2.75) is 45.7 Å². The minimum absolute atomic E-state index is 0.0227. The number of hydrogen-bond acceptors (Lipinski definition) is 3. The summed E-state index contributed by atoms with van der Waals surface area (Å²) >= 11 is 0. The zero-order valence-corrected chi connectivity index (χ0v) is 15.8. The monoisotopic (exact) mass is 345 g/mol. The standard InChI is InChI=1S/C20H31N3O2/c1-14(2)22(4)20(25)17-10-12-23(13-11-17)19(24)15(3)18(21)16-8-6-5-7-9-16/h5-9,14-15,17-18H,10-13,21H2,1-4H3. The van der Waals surface area contributed by atoms with Gasteiger partial charge >= 0.3 is 0 Å². The third-order valence-electron chi connectivity index (χ3n) is 5.39. The van der Waals surface area contributed by atoms with Crippen LogP contribution in [0.4, 0.5) is 0 Å². The Kier molecular flexibility index (Phi) is 6.59. The van der Waals surface area contributed by atoms with Crippen molar-refractivity contribution in [3.63, 3.8) is 0 Å². The molecule has 0 aliphatic carbocycles. The van der Waals surface area contributed by atoms with Crippen LogP contribution in [0.1, 0.15) is 45.2 Å². The number of nitrogens with zero attached hydrogens (tertiary/aromatic N) is 2. The molecule has 2 atom stereocenters. The van der Waals surface area contributed by atoms with Gasteiger partial charge in [-0.3, -0.25) is 9.59 Å². The fraction of sp³-hybridized carbons (Fsp3) is 0.600. The van der Waals surface area contributed by atoms with Crippen molar-refractivity contribution in [1.29, 1.82) is 0 Å². The van der Waals surface area contributed by atoms with Crippen LogP contribution in [-0.4, -0.2) is 47.8 Å². The van der Waals surface area contributed by atoms with Crippen LogP contribution in [-0.2, 0) is 9.59 Å². The zero-order chi connectivity index (χ0) is 18.6. The molecule has 1 aliphatic heterocycles. The molecule has 2 rings (SSSR count). The number of piperidine rings is 1. The van der Waals surface area contributed by atoms with E-state index in [1.54, 1.807) is 4.90 Å². The third-order valence-corrected chi connectivity index (χ3v) is 5.39. The summed E-state index contributed by atoms with van der Waals surface area (Å²) < 4.78 is 0. The molecule has 0 saturated carbocycles. The molecule has 25 heavy (non-hydrogen) atoms. The highest BCUT2D eigenvalue weighted by Gasteiger charge is 2.32. The van der Waals surface area contributed by atoms with Crippen LogP contribution in [0.2, 0.25) is 0 Å². The number of amides is 2. The van der Waals surface area contributed by atoms with E-state index in [-0.39, 0.29) is 35.7 Å². The Morgan fingerprint density at radius 1 is 1.12 bits per heavy atom. The van der Waals surface area contributed by atoms with E-state index in [0.717, 1.165) is 18.4 Å². The van der Waals surface area contributed by atoms with Crippen LogP contribution < -0.4 is 5.73 Å². The van der Waals surface area contributed by atoms with E-state index in [0.29, 0.717) is 13.1 Å². The van der Waals surface area contributed by atoms with Crippen molar-refractivity contribution in [3.05, 3.63) is 35.9 Å². The third kappa shape index (κ3) is 4.60. The minimum atomic E-state index is -0.305. The van der Waals surface area contributed by atoms with Gasteiger partial charge in [-0.1, -0.05) is 37.3 Å². The molecule has 1 heterocycles. The molecule has 1 saturated heterocycles. The van der Waals surface area contributed by atoms with Crippen LogP contribution in [0.5, 0.6) is 0 Å². The number of hydrogen-bond donors (Lipinski definition) is 1. The predicted molar refractivity (Wildman–Crippen MR) is 99.7 cm³/mol. The van der Waals surface area contributed by atoms with Gasteiger partial charge < -0.3 is 15.5 Å². The summed E-state index contributed by atoms with van der Waals surface area (Å²) in [6.45, 7) is 7.19. The van der Waals surface area contributed by atoms with Crippen molar-refractivity contribution in [2.75, 3.05) is 20.1 Å². The summed E-state index contributed by atoms with van der Waals surface area (Å²) in [5.41, 5.74) is 7.27. The Labute approximate surface area is 151 Å². The summed E-state index contributed by atoms with van der Waals surface area (Å²) in [5.74, 6) is 0.0261. The van der Waals surface area contributed by atoms with Gasteiger partial charge in [0.1, 0.15) is 0 Å². The van der Waals surface area contributed by atoms with Gasteiger partial charge in [0.05, 0.1) is 5.92 Å². The summed E-state index contributed by atoms with van der Waals surface area (Å²) in [7, 11) is 1.85. The van der Waals surface area contributed by atoms with E-state index in [9.17, 15) is 9.59 Å². The fourth-order valence-corrected chi connectivity index (χ4v) is 3.29. The lowest BCUT2D eigenvalue weighted by Crippen LogP contribution is -2.47. The van der Waals surface area contributed by atoms with Gasteiger partial charge in [-0.25, -0.2) is 0 Å². The molecule has 5 nitrogen and oxygen atoms in total. The first-order chi connectivity index (χ1) is 11.8. The Balaban J connectivity index is 1.91. The molecular weight excluding hydrogens is 314 g/mol. The van der Waals surface area contributed by atoms with Gasteiger partial charge in [-0.15, -0.1) is 0 Å². The number of likely N-dealkylation sites (tertiary alicyclic amines) is 1. The lowest BCUT2D eigenvalue weighted by molar-refractivity contribution is -0.142. The van der Waals surface area contributed by atoms with E-state index in [1.807, 2.05) is 63.1 Å². The minimum Gasteiger partial charge on any atom is -0.343 e. The normalized spacial score (nSPS) is 18.1. The second-order valence-electron chi connectivity index (χ2n) is 7.37. The van der Waals surface area contributed by atoms with Crippen LogP contribution in [0.25, 0.3) is 0 Å². The predicted octanol–water partition coefficient (Wildman–Crippen LogP) is 2.43. The summed E-state index contributed by atoms with van der Waals surface area (Å²) in [4.78, 5) is 28.9. The molecule has 1 aliphatic rings. The van der Waals surface area contributed by atoms with Crippen molar-refractivity contribution in [2.24, 2.45) is 17.6 Å². The molecule has 2 amide bonds. The molecule has 0 radical (unpaired) electrons. The number of benzene rings is 1. The van der Waals surface area contributed by atoms with Gasteiger partial charge in [-0.2, -0.15) is 0 Å². The molecule has 1 fully saturated rings. The van der Waals surface area contributed by atoms with Gasteiger partial charge in [0.2, 0.25) is 11.8 Å². The topological polar surface area (TPSA) is 66.6 Å². The van der Waals surface area contributed by atoms with Crippen molar-refractivity contribution < 1.29 is 9.59 Å². The maximum Gasteiger partial charge on any atom is 0.227 e. The zero-order valence-electron chi connectivity index (χ0n) is 15.8. The molecule has 0 bridgehead atoms. The maximum atomic E-state index is 12.8. The van der Waals surface area contributed by atoms with Crippen LogP contribution >= 0.6 is 0 Å². The van der Waals surface area contributed by atoms with E-state index in [1.165, 1.54) is 0 Å². The quantitative estimate of drug-likeness (QED) is 0.891. The average Bonchev–Trinajstić information content (AvgIpc) is 2.65. The Morgan fingerprint density at radius 2 is 1.68 bits per heavy atom. The van der Waals surface area contributed by atoms with E-state index in [4.69, 9.17) is 5.73 Å². The first kappa shape index (κ1) is 19.4. The molecule has 0 aromatic heterocycles. The van der Waals surface area contributed by atoms with E-state index >= 15 is 0 Å². The number of rotatable bonds is 5. The summed E-state index contributed by atoms with van der Waals surface area (Å²) in [6.07, 6.45) is 1.46. The maximum absolute atomic E-state index is 12.8. The van der Waals surface area contributed by atoms with Crippen molar-refractivity contribution >= 4 is 11.8 Å². The Morgan fingerprint density at radius 3 is 2.20 bits per heavy atom. The van der Waals surface area contributed by atoms with Gasteiger partial charge in [0.25, 0.3) is 0 Å². The first-order valence-corrected chi connectivity index (χ1v) is 9.19. The molecule has 138 valence electrons. The van der Waals surface area contributed by atoms with Crippen molar-refractivity contribution in [1.82, 2.24) is 9.80 Å².